The number of carboxylic acid groups (broad SMARTS) is 1. The number of hydrogen-bond donors (Lipinski definition) is 2. The van der Waals surface area contributed by atoms with Crippen molar-refractivity contribution in [3.63, 3.8) is 0 Å². The number of hydrogen-bond acceptors (Lipinski definition) is 4. The van der Waals surface area contributed by atoms with Crippen LogP contribution in [0.2, 0.25) is 0 Å². The van der Waals surface area contributed by atoms with Gasteiger partial charge < -0.3 is 15.3 Å². The Balaban J connectivity index is 1.70. The summed E-state index contributed by atoms with van der Waals surface area (Å²) in [5.41, 5.74) is 0. The van der Waals surface area contributed by atoms with Crippen molar-refractivity contribution in [3.05, 3.63) is 0 Å². The van der Waals surface area contributed by atoms with Gasteiger partial charge >= 0.3 is 12.0 Å². The molecule has 0 bridgehead atoms. The summed E-state index contributed by atoms with van der Waals surface area (Å²) in [7, 11) is -3.03. The van der Waals surface area contributed by atoms with Gasteiger partial charge in [-0.05, 0) is 12.8 Å². The van der Waals surface area contributed by atoms with Gasteiger partial charge in [0.2, 0.25) is 0 Å². The zero-order valence-electron chi connectivity index (χ0n) is 10.5. The Morgan fingerprint density at radius 1 is 1.32 bits per heavy atom. The zero-order valence-corrected chi connectivity index (χ0v) is 11.4. The van der Waals surface area contributed by atoms with Crippen molar-refractivity contribution in [1.29, 1.82) is 0 Å². The van der Waals surface area contributed by atoms with E-state index < -0.39 is 21.1 Å². The second kappa shape index (κ2) is 5.36. The Hall–Kier alpha value is -1.31. The zero-order chi connectivity index (χ0) is 14.0. The van der Waals surface area contributed by atoms with Gasteiger partial charge in [-0.3, -0.25) is 4.79 Å². The van der Waals surface area contributed by atoms with Crippen LogP contribution in [0.3, 0.4) is 0 Å². The number of likely N-dealkylation sites (tertiary alicyclic amines) is 1. The molecule has 0 aromatic heterocycles. The maximum absolute atomic E-state index is 11.7. The van der Waals surface area contributed by atoms with Gasteiger partial charge in [0.15, 0.2) is 9.84 Å². The number of carbonyl (C=O) groups is 2. The highest BCUT2D eigenvalue weighted by atomic mass is 32.2. The molecule has 19 heavy (non-hydrogen) atoms. The summed E-state index contributed by atoms with van der Waals surface area (Å²) >= 11 is 0. The molecule has 2 heterocycles. The molecule has 0 aromatic rings. The van der Waals surface area contributed by atoms with Crippen LogP contribution in [0.4, 0.5) is 4.79 Å². The number of nitrogens with one attached hydrogen (secondary N) is 1. The van der Waals surface area contributed by atoms with Crippen LogP contribution in [-0.2, 0) is 14.6 Å². The Bertz CT molecular complexity index is 469. The van der Waals surface area contributed by atoms with Crippen LogP contribution in [0, 0.1) is 5.92 Å². The lowest BCUT2D eigenvalue weighted by molar-refractivity contribution is -0.139. The van der Waals surface area contributed by atoms with Gasteiger partial charge in [0.25, 0.3) is 0 Å². The number of rotatable bonds is 4. The maximum Gasteiger partial charge on any atom is 0.317 e. The van der Waals surface area contributed by atoms with Crippen molar-refractivity contribution in [2.24, 2.45) is 5.92 Å². The second-order valence-corrected chi connectivity index (χ2v) is 7.59. The van der Waals surface area contributed by atoms with E-state index in [2.05, 4.69) is 5.32 Å². The highest BCUT2D eigenvalue weighted by molar-refractivity contribution is 7.92. The lowest BCUT2D eigenvalue weighted by Gasteiger charge is -2.38. The summed E-state index contributed by atoms with van der Waals surface area (Å²) < 4.78 is 23.1. The number of sulfone groups is 1. The van der Waals surface area contributed by atoms with Crippen LogP contribution in [0.25, 0.3) is 0 Å². The van der Waals surface area contributed by atoms with E-state index in [1.54, 1.807) is 0 Å². The molecule has 2 amide bonds. The molecule has 2 aliphatic heterocycles. The number of carboxylic acids is 1. The number of amides is 2. The first-order chi connectivity index (χ1) is 8.88. The minimum Gasteiger partial charge on any atom is -0.481 e. The maximum atomic E-state index is 11.7. The molecule has 0 aliphatic carbocycles. The monoisotopic (exact) mass is 290 g/mol. The van der Waals surface area contributed by atoms with E-state index in [0.717, 1.165) is 0 Å². The Labute approximate surface area is 111 Å². The predicted octanol–water partition coefficient (Wildman–Crippen LogP) is -0.320. The van der Waals surface area contributed by atoms with Crippen LogP contribution in [-0.4, -0.2) is 61.1 Å². The van der Waals surface area contributed by atoms with Crippen molar-refractivity contribution >= 4 is 21.8 Å². The van der Waals surface area contributed by atoms with Crippen LogP contribution < -0.4 is 5.32 Å². The molecule has 0 aromatic carbocycles. The van der Waals surface area contributed by atoms with Crippen molar-refractivity contribution in [2.45, 2.75) is 24.5 Å². The van der Waals surface area contributed by atoms with Gasteiger partial charge in [-0.2, -0.15) is 0 Å². The molecule has 7 nitrogen and oxygen atoms in total. The van der Waals surface area contributed by atoms with Crippen molar-refractivity contribution < 1.29 is 23.1 Å². The highest BCUT2D eigenvalue weighted by Crippen LogP contribution is 2.21. The lowest BCUT2D eigenvalue weighted by Crippen LogP contribution is -2.55. The average molecular weight is 290 g/mol. The fourth-order valence-corrected chi connectivity index (χ4v) is 4.28. The molecule has 2 N–H and O–H groups in total. The first kappa shape index (κ1) is 14.1. The smallest absolute Gasteiger partial charge is 0.317 e. The minimum atomic E-state index is -3.03. The lowest BCUT2D eigenvalue weighted by atomic mass is 9.97. The summed E-state index contributed by atoms with van der Waals surface area (Å²) in [6, 6.07) is -0.302. The highest BCUT2D eigenvalue weighted by Gasteiger charge is 2.34. The molecular weight excluding hydrogens is 272 g/mol. The largest absolute Gasteiger partial charge is 0.481 e. The van der Waals surface area contributed by atoms with E-state index in [-0.39, 0.29) is 30.7 Å². The number of aliphatic carboxylic acids is 1. The summed E-state index contributed by atoms with van der Waals surface area (Å²) in [6.45, 7) is 1.01. The van der Waals surface area contributed by atoms with Crippen molar-refractivity contribution in [2.75, 3.05) is 25.4 Å². The molecule has 2 aliphatic rings. The second-order valence-electron chi connectivity index (χ2n) is 5.19. The molecule has 1 unspecified atom stereocenters. The van der Waals surface area contributed by atoms with E-state index in [1.807, 2.05) is 0 Å². The summed E-state index contributed by atoms with van der Waals surface area (Å²) in [4.78, 5) is 23.7. The fraction of sp³-hybridized carbons (Fsp3) is 0.818. The van der Waals surface area contributed by atoms with Crippen LogP contribution in [0.1, 0.15) is 19.3 Å². The molecule has 2 rings (SSSR count). The third kappa shape index (κ3) is 3.37. The molecule has 1 atom stereocenters. The average Bonchev–Trinajstić information content (AvgIpc) is 2.58. The van der Waals surface area contributed by atoms with Crippen LogP contribution in [0.5, 0.6) is 0 Å². The van der Waals surface area contributed by atoms with E-state index in [0.29, 0.717) is 25.9 Å². The van der Waals surface area contributed by atoms with Gasteiger partial charge in [0, 0.05) is 25.6 Å². The summed E-state index contributed by atoms with van der Waals surface area (Å²) in [6.07, 6.45) is 1.33. The summed E-state index contributed by atoms with van der Waals surface area (Å²) in [5, 5.41) is 10.7. The topological polar surface area (TPSA) is 104 Å². The molecule has 2 fully saturated rings. The van der Waals surface area contributed by atoms with E-state index in [1.165, 1.54) is 4.90 Å². The van der Waals surface area contributed by atoms with Gasteiger partial charge in [-0.15, -0.1) is 0 Å². The first-order valence-corrected chi connectivity index (χ1v) is 8.06. The Morgan fingerprint density at radius 3 is 2.53 bits per heavy atom. The van der Waals surface area contributed by atoms with Gasteiger partial charge in [-0.1, -0.05) is 0 Å². The van der Waals surface area contributed by atoms with Gasteiger partial charge in [0.05, 0.1) is 17.4 Å². The molecule has 0 radical (unpaired) electrons. The molecule has 2 saturated heterocycles. The number of carbonyl (C=O) groups excluding carboxylic acids is 1. The first-order valence-electron chi connectivity index (χ1n) is 6.34. The quantitative estimate of drug-likeness (QED) is 0.738. The Morgan fingerprint density at radius 2 is 2.00 bits per heavy atom. The van der Waals surface area contributed by atoms with Gasteiger partial charge in [-0.25, -0.2) is 13.2 Å². The van der Waals surface area contributed by atoms with Crippen molar-refractivity contribution in [3.8, 4) is 0 Å². The third-order valence-electron chi connectivity index (χ3n) is 3.65. The van der Waals surface area contributed by atoms with E-state index >= 15 is 0 Å². The molecular formula is C11H18N2O5S. The number of nitrogens with zero attached hydrogens (tertiary/aromatic N) is 1. The standard InChI is InChI=1S/C11H18N2O5S/c14-10(15)4-8-6-13(7-8)11(16)12-5-9-2-1-3-19(9,17)18/h8-9H,1-7H2,(H,12,16)(H,14,15). The normalized spacial score (nSPS) is 25.9. The van der Waals surface area contributed by atoms with Crippen LogP contribution >= 0.6 is 0 Å². The van der Waals surface area contributed by atoms with Gasteiger partial charge in [0.1, 0.15) is 0 Å². The molecule has 8 heteroatoms. The van der Waals surface area contributed by atoms with Crippen LogP contribution in [0.15, 0.2) is 0 Å². The summed E-state index contributed by atoms with van der Waals surface area (Å²) in [5.74, 6) is -0.640. The molecule has 0 saturated carbocycles. The predicted molar refractivity (Wildman–Crippen MR) is 67.5 cm³/mol. The van der Waals surface area contributed by atoms with E-state index in [4.69, 9.17) is 5.11 Å². The third-order valence-corrected chi connectivity index (χ3v) is 5.93. The van der Waals surface area contributed by atoms with E-state index in [9.17, 15) is 18.0 Å². The molecule has 0 spiro atoms. The van der Waals surface area contributed by atoms with Crippen molar-refractivity contribution in [1.82, 2.24) is 10.2 Å². The fourth-order valence-electron chi connectivity index (χ4n) is 2.51. The number of urea groups is 1. The minimum absolute atomic E-state index is 0.0125. The Kier molecular flexibility index (Phi) is 3.98. The SMILES string of the molecule is O=C(O)CC1CN(C(=O)NCC2CCCS2(=O)=O)C1. The molecule has 108 valence electrons.